The number of pyridine rings is 2. The van der Waals surface area contributed by atoms with Crippen molar-refractivity contribution in [3.05, 3.63) is 54.0 Å². The lowest BCUT2D eigenvalue weighted by Crippen LogP contribution is -2.24. The smallest absolute Gasteiger partial charge is 0.128 e. The summed E-state index contributed by atoms with van der Waals surface area (Å²) >= 11 is 0. The van der Waals surface area contributed by atoms with Crippen LogP contribution in [0.1, 0.15) is 24.2 Å². The number of nitrogen functional groups attached to an aromatic ring is 1. The monoisotopic (exact) mass is 228 g/mol. The molecular formula is C13H16N4. The summed E-state index contributed by atoms with van der Waals surface area (Å²) in [5.41, 5.74) is 7.83. The average Bonchev–Trinajstić information content (AvgIpc) is 2.38. The molecule has 2 heterocycles. The molecule has 0 aliphatic heterocycles. The maximum Gasteiger partial charge on any atom is 0.128 e. The largest absolute Gasteiger partial charge is 0.383 e. The van der Waals surface area contributed by atoms with Crippen molar-refractivity contribution in [3.8, 4) is 0 Å². The van der Waals surface area contributed by atoms with Gasteiger partial charge in [0.05, 0.1) is 11.7 Å². The van der Waals surface area contributed by atoms with Crippen molar-refractivity contribution in [1.82, 2.24) is 15.3 Å². The number of hydrogen-bond acceptors (Lipinski definition) is 4. The Bertz CT molecular complexity index is 470. The molecule has 4 nitrogen and oxygen atoms in total. The van der Waals surface area contributed by atoms with Gasteiger partial charge in [0, 0.05) is 18.0 Å². The van der Waals surface area contributed by atoms with Crippen LogP contribution in [0.3, 0.4) is 0 Å². The van der Waals surface area contributed by atoms with Crippen LogP contribution in [0.2, 0.25) is 0 Å². The molecule has 0 bridgehead atoms. The summed E-state index contributed by atoms with van der Waals surface area (Å²) in [5, 5.41) is 3.37. The molecule has 0 saturated carbocycles. The number of nitrogens with two attached hydrogens (primary N) is 1. The molecule has 0 radical (unpaired) electrons. The van der Waals surface area contributed by atoms with E-state index in [1.165, 1.54) is 0 Å². The summed E-state index contributed by atoms with van der Waals surface area (Å²) in [7, 11) is 0. The first-order chi connectivity index (χ1) is 8.33. The van der Waals surface area contributed by atoms with Gasteiger partial charge in [-0.05, 0) is 24.7 Å². The molecule has 4 heteroatoms. The van der Waals surface area contributed by atoms with Gasteiger partial charge < -0.3 is 11.1 Å². The lowest BCUT2D eigenvalue weighted by Gasteiger charge is -2.18. The van der Waals surface area contributed by atoms with Crippen molar-refractivity contribution >= 4 is 5.82 Å². The maximum absolute atomic E-state index is 5.91. The van der Waals surface area contributed by atoms with Crippen molar-refractivity contribution in [2.45, 2.75) is 13.0 Å². The second kappa shape index (κ2) is 5.41. The molecule has 0 saturated heterocycles. The van der Waals surface area contributed by atoms with Gasteiger partial charge in [0.25, 0.3) is 0 Å². The van der Waals surface area contributed by atoms with Gasteiger partial charge in [0.15, 0.2) is 0 Å². The molecule has 17 heavy (non-hydrogen) atoms. The summed E-state index contributed by atoms with van der Waals surface area (Å²) in [6.07, 6.45) is 3.48. The number of hydrogen-bond donors (Lipinski definition) is 2. The number of anilines is 1. The molecule has 0 amide bonds. The molecule has 2 aromatic rings. The molecule has 0 aromatic carbocycles. The fraction of sp³-hybridized carbons (Fsp3) is 0.231. The number of nitrogens with one attached hydrogen (secondary N) is 1. The molecule has 88 valence electrons. The third-order valence-corrected chi connectivity index (χ3v) is 2.57. The van der Waals surface area contributed by atoms with E-state index in [1.807, 2.05) is 30.3 Å². The molecule has 0 fully saturated rings. The second-order valence-corrected chi connectivity index (χ2v) is 3.72. The minimum absolute atomic E-state index is 0.00472. The minimum atomic E-state index is -0.00472. The van der Waals surface area contributed by atoms with Crippen molar-refractivity contribution < 1.29 is 0 Å². The summed E-state index contributed by atoms with van der Waals surface area (Å²) in [6, 6.07) is 9.72. The van der Waals surface area contributed by atoms with Crippen LogP contribution < -0.4 is 11.1 Å². The van der Waals surface area contributed by atoms with Gasteiger partial charge in [-0.15, -0.1) is 0 Å². The summed E-state index contributed by atoms with van der Waals surface area (Å²) in [6.45, 7) is 2.90. The quantitative estimate of drug-likeness (QED) is 0.837. The maximum atomic E-state index is 5.91. The Morgan fingerprint density at radius 3 is 2.65 bits per heavy atom. The number of rotatable bonds is 4. The minimum Gasteiger partial charge on any atom is -0.383 e. The Morgan fingerprint density at radius 2 is 2.00 bits per heavy atom. The van der Waals surface area contributed by atoms with Crippen LogP contribution in [0.5, 0.6) is 0 Å². The number of aromatic nitrogens is 2. The second-order valence-electron chi connectivity index (χ2n) is 3.72. The van der Waals surface area contributed by atoms with Crippen molar-refractivity contribution in [1.29, 1.82) is 0 Å². The predicted molar refractivity (Wildman–Crippen MR) is 68.4 cm³/mol. The van der Waals surface area contributed by atoms with Crippen molar-refractivity contribution in [3.63, 3.8) is 0 Å². The predicted octanol–water partition coefficient (Wildman–Crippen LogP) is 1.76. The summed E-state index contributed by atoms with van der Waals surface area (Å²) < 4.78 is 0. The Kier molecular flexibility index (Phi) is 3.67. The van der Waals surface area contributed by atoms with E-state index in [2.05, 4.69) is 22.2 Å². The lowest BCUT2D eigenvalue weighted by atomic mass is 10.0. The highest BCUT2D eigenvalue weighted by Crippen LogP contribution is 2.23. The SMILES string of the molecule is CCNC(c1ccccn1)c1cccnc1N. The van der Waals surface area contributed by atoms with Gasteiger partial charge in [-0.3, -0.25) is 4.98 Å². The Morgan fingerprint density at radius 1 is 1.18 bits per heavy atom. The van der Waals surface area contributed by atoms with Crippen LogP contribution in [0.15, 0.2) is 42.7 Å². The van der Waals surface area contributed by atoms with E-state index in [0.717, 1.165) is 17.8 Å². The summed E-state index contributed by atoms with van der Waals surface area (Å²) in [4.78, 5) is 8.49. The van der Waals surface area contributed by atoms with E-state index in [-0.39, 0.29) is 6.04 Å². The van der Waals surface area contributed by atoms with Crippen molar-refractivity contribution in [2.75, 3.05) is 12.3 Å². The van der Waals surface area contributed by atoms with Crippen LogP contribution in [0.4, 0.5) is 5.82 Å². The Hall–Kier alpha value is -1.94. The third kappa shape index (κ3) is 2.60. The van der Waals surface area contributed by atoms with E-state index in [9.17, 15) is 0 Å². The van der Waals surface area contributed by atoms with Gasteiger partial charge in [-0.1, -0.05) is 19.1 Å². The molecule has 1 unspecified atom stereocenters. The molecule has 3 N–H and O–H groups in total. The van der Waals surface area contributed by atoms with Crippen LogP contribution >= 0.6 is 0 Å². The highest BCUT2D eigenvalue weighted by atomic mass is 15.0. The van der Waals surface area contributed by atoms with Gasteiger partial charge in [-0.25, -0.2) is 4.98 Å². The first kappa shape index (κ1) is 11.5. The molecule has 0 spiro atoms. The van der Waals surface area contributed by atoms with E-state index in [1.54, 1.807) is 12.4 Å². The van der Waals surface area contributed by atoms with E-state index in [4.69, 9.17) is 5.73 Å². The molecule has 0 aliphatic rings. The zero-order valence-electron chi connectivity index (χ0n) is 9.80. The first-order valence-corrected chi connectivity index (χ1v) is 5.67. The van der Waals surface area contributed by atoms with E-state index >= 15 is 0 Å². The highest BCUT2D eigenvalue weighted by Gasteiger charge is 2.16. The fourth-order valence-corrected chi connectivity index (χ4v) is 1.80. The van der Waals surface area contributed by atoms with E-state index < -0.39 is 0 Å². The first-order valence-electron chi connectivity index (χ1n) is 5.67. The standard InChI is InChI=1S/C13H16N4/c1-2-15-12(11-7-3-4-8-16-11)10-6-5-9-17-13(10)14/h3-9,12,15H,2H2,1H3,(H2,14,17). The van der Waals surface area contributed by atoms with Crippen LogP contribution in [-0.4, -0.2) is 16.5 Å². The number of nitrogens with zero attached hydrogens (tertiary/aromatic N) is 2. The molecular weight excluding hydrogens is 212 g/mol. The van der Waals surface area contributed by atoms with Crippen LogP contribution in [-0.2, 0) is 0 Å². The highest BCUT2D eigenvalue weighted by molar-refractivity contribution is 5.44. The van der Waals surface area contributed by atoms with Gasteiger partial charge in [0.1, 0.15) is 5.82 Å². The summed E-state index contributed by atoms with van der Waals surface area (Å²) in [5.74, 6) is 0.545. The zero-order chi connectivity index (χ0) is 12.1. The van der Waals surface area contributed by atoms with Gasteiger partial charge >= 0.3 is 0 Å². The zero-order valence-corrected chi connectivity index (χ0v) is 9.80. The molecule has 2 rings (SSSR count). The third-order valence-electron chi connectivity index (χ3n) is 2.57. The lowest BCUT2D eigenvalue weighted by molar-refractivity contribution is 0.615. The average molecular weight is 228 g/mol. The van der Waals surface area contributed by atoms with Crippen LogP contribution in [0.25, 0.3) is 0 Å². The van der Waals surface area contributed by atoms with Crippen molar-refractivity contribution in [2.24, 2.45) is 0 Å². The Balaban J connectivity index is 2.39. The van der Waals surface area contributed by atoms with Crippen LogP contribution in [0, 0.1) is 0 Å². The molecule has 1 atom stereocenters. The normalized spacial score (nSPS) is 12.3. The molecule has 2 aromatic heterocycles. The topological polar surface area (TPSA) is 63.8 Å². The van der Waals surface area contributed by atoms with E-state index in [0.29, 0.717) is 5.82 Å². The molecule has 0 aliphatic carbocycles. The van der Waals surface area contributed by atoms with Gasteiger partial charge in [-0.2, -0.15) is 0 Å². The fourth-order valence-electron chi connectivity index (χ4n) is 1.80. The Labute approximate surface area is 101 Å². The van der Waals surface area contributed by atoms with Gasteiger partial charge in [0.2, 0.25) is 0 Å².